The van der Waals surface area contributed by atoms with Gasteiger partial charge in [-0.1, -0.05) is 35.9 Å². The summed E-state index contributed by atoms with van der Waals surface area (Å²) in [5.41, 5.74) is 5.50. The molecule has 0 heterocycles. The molecule has 0 aliphatic heterocycles. The van der Waals surface area contributed by atoms with Gasteiger partial charge in [-0.2, -0.15) is 0 Å². The number of hydrogen-bond donors (Lipinski definition) is 3. The molecule has 0 amide bonds. The largest absolute Gasteiger partial charge is 0.508 e. The highest BCUT2D eigenvalue weighted by Gasteiger charge is 1.98. The highest BCUT2D eigenvalue weighted by molar-refractivity contribution is 5.40. The maximum atomic E-state index is 9.28. The maximum Gasteiger partial charge on any atom is 0.119 e. The smallest absolute Gasteiger partial charge is 0.119 e. The van der Waals surface area contributed by atoms with Crippen LogP contribution >= 0.6 is 0 Å². The Hall–Kier alpha value is -3.27. The molecule has 0 atom stereocenters. The van der Waals surface area contributed by atoms with Crippen molar-refractivity contribution in [1.29, 1.82) is 0 Å². The van der Waals surface area contributed by atoms with Crippen molar-refractivity contribution in [2.24, 2.45) is 0 Å². The van der Waals surface area contributed by atoms with Crippen LogP contribution in [0, 0.1) is 34.6 Å². The van der Waals surface area contributed by atoms with Crippen LogP contribution in [0.1, 0.15) is 27.8 Å². The van der Waals surface area contributed by atoms with E-state index in [0.29, 0.717) is 17.2 Å². The molecule has 0 spiro atoms. The molecule has 0 aromatic heterocycles. The van der Waals surface area contributed by atoms with Gasteiger partial charge < -0.3 is 20.1 Å². The van der Waals surface area contributed by atoms with Gasteiger partial charge in [0.1, 0.15) is 24.0 Å². The fourth-order valence-electron chi connectivity index (χ4n) is 2.19. The summed E-state index contributed by atoms with van der Waals surface area (Å²) in [6.07, 6.45) is 0. The van der Waals surface area contributed by atoms with Gasteiger partial charge in [-0.05, 0) is 87.2 Å². The van der Waals surface area contributed by atoms with E-state index in [0.717, 1.165) is 22.3 Å². The molecular formula is C24H30O4. The number of aryl methyl sites for hydroxylation is 4. The fourth-order valence-corrected chi connectivity index (χ4v) is 2.19. The summed E-state index contributed by atoms with van der Waals surface area (Å²) in [6.45, 7) is 11.8. The molecule has 0 unspecified atom stereocenters. The van der Waals surface area contributed by atoms with Crippen molar-refractivity contribution in [3.63, 3.8) is 0 Å². The van der Waals surface area contributed by atoms with E-state index in [4.69, 9.17) is 15.0 Å². The SMILES string of the molecule is C=O.Cc1cc(C)c(C)c(O)c1.Cc1ccc(O)cc1.Cc1cccc(O)c1. The first-order valence-corrected chi connectivity index (χ1v) is 8.76. The summed E-state index contributed by atoms with van der Waals surface area (Å²) < 4.78 is 0. The zero-order chi connectivity index (χ0) is 21.7. The van der Waals surface area contributed by atoms with E-state index >= 15 is 0 Å². The predicted molar refractivity (Wildman–Crippen MR) is 115 cm³/mol. The predicted octanol–water partition coefficient (Wildman–Crippen LogP) is 5.53. The number of carbonyl (C=O) groups excluding carboxylic acids is 1. The Labute approximate surface area is 167 Å². The fraction of sp³-hybridized carbons (Fsp3) is 0.208. The van der Waals surface area contributed by atoms with Gasteiger partial charge in [-0.15, -0.1) is 0 Å². The minimum Gasteiger partial charge on any atom is -0.508 e. The van der Waals surface area contributed by atoms with Crippen molar-refractivity contribution in [3.8, 4) is 17.2 Å². The number of rotatable bonds is 0. The topological polar surface area (TPSA) is 77.8 Å². The number of benzene rings is 3. The molecule has 0 saturated carbocycles. The van der Waals surface area contributed by atoms with Crippen LogP contribution in [0.5, 0.6) is 17.2 Å². The van der Waals surface area contributed by atoms with E-state index in [-0.39, 0.29) is 0 Å². The quantitative estimate of drug-likeness (QED) is 0.477. The summed E-state index contributed by atoms with van der Waals surface area (Å²) in [5, 5.41) is 26.9. The average molecular weight is 383 g/mol. The number of phenolic OH excluding ortho intramolecular Hbond substituents is 3. The second kappa shape index (κ2) is 13.0. The van der Waals surface area contributed by atoms with Crippen LogP contribution in [0.25, 0.3) is 0 Å². The summed E-state index contributed by atoms with van der Waals surface area (Å²) in [5.74, 6) is 1.07. The molecule has 28 heavy (non-hydrogen) atoms. The Balaban J connectivity index is 0.000000376. The molecule has 3 aromatic rings. The minimum atomic E-state index is 0.329. The van der Waals surface area contributed by atoms with Gasteiger partial charge in [-0.25, -0.2) is 0 Å². The van der Waals surface area contributed by atoms with Gasteiger partial charge in [0.2, 0.25) is 0 Å². The van der Waals surface area contributed by atoms with E-state index in [9.17, 15) is 5.11 Å². The number of phenols is 3. The van der Waals surface area contributed by atoms with Gasteiger partial charge in [-0.3, -0.25) is 0 Å². The second-order valence-electron chi connectivity index (χ2n) is 6.40. The molecule has 0 bridgehead atoms. The summed E-state index contributed by atoms with van der Waals surface area (Å²) in [7, 11) is 0. The van der Waals surface area contributed by atoms with Gasteiger partial charge >= 0.3 is 0 Å². The van der Waals surface area contributed by atoms with Crippen molar-refractivity contribution in [1.82, 2.24) is 0 Å². The third-order valence-electron chi connectivity index (χ3n) is 3.82. The van der Waals surface area contributed by atoms with Crippen LogP contribution in [-0.2, 0) is 4.79 Å². The molecule has 0 aliphatic carbocycles. The first kappa shape index (κ1) is 24.7. The Kier molecular flexibility index (Phi) is 11.5. The number of carbonyl (C=O) groups is 1. The maximum absolute atomic E-state index is 9.28. The van der Waals surface area contributed by atoms with Crippen LogP contribution in [-0.4, -0.2) is 22.1 Å². The van der Waals surface area contributed by atoms with Gasteiger partial charge in [0, 0.05) is 0 Å². The van der Waals surface area contributed by atoms with Crippen molar-refractivity contribution < 1.29 is 20.1 Å². The molecular weight excluding hydrogens is 352 g/mol. The molecule has 4 nitrogen and oxygen atoms in total. The van der Waals surface area contributed by atoms with Crippen LogP contribution in [0.15, 0.2) is 60.7 Å². The summed E-state index contributed by atoms with van der Waals surface area (Å²) >= 11 is 0. The lowest BCUT2D eigenvalue weighted by atomic mass is 10.1. The standard InChI is InChI=1S/C9H12O.2C7H8O.CH2O/c1-6-4-7(2)8(3)9(10)5-6;1-6-2-4-7(8)5-3-6;1-6-3-2-4-7(8)5-6;1-2/h4-5,10H,1-3H3;2*2-5,8H,1H3;1H2. The van der Waals surface area contributed by atoms with E-state index < -0.39 is 0 Å². The van der Waals surface area contributed by atoms with Gasteiger partial charge in [0.15, 0.2) is 0 Å². The molecule has 0 radical (unpaired) electrons. The minimum absolute atomic E-state index is 0.329. The average Bonchev–Trinajstić information content (AvgIpc) is 2.65. The van der Waals surface area contributed by atoms with Crippen molar-refractivity contribution in [2.75, 3.05) is 0 Å². The van der Waals surface area contributed by atoms with Crippen molar-refractivity contribution in [2.45, 2.75) is 34.6 Å². The van der Waals surface area contributed by atoms with Crippen molar-refractivity contribution in [3.05, 3.63) is 88.5 Å². The van der Waals surface area contributed by atoms with Crippen molar-refractivity contribution >= 4 is 6.79 Å². The second-order valence-corrected chi connectivity index (χ2v) is 6.40. The monoisotopic (exact) mass is 382 g/mol. The highest BCUT2D eigenvalue weighted by Crippen LogP contribution is 2.20. The Bertz CT molecular complexity index is 778. The Morgan fingerprint density at radius 1 is 0.607 bits per heavy atom. The number of aromatic hydroxyl groups is 3. The molecule has 4 heteroatoms. The van der Waals surface area contributed by atoms with Gasteiger partial charge in [0.05, 0.1) is 0 Å². The highest BCUT2D eigenvalue weighted by atomic mass is 16.3. The van der Waals surface area contributed by atoms with E-state index in [1.165, 1.54) is 5.56 Å². The molecule has 3 N–H and O–H groups in total. The normalized spacial score (nSPS) is 8.89. The first-order valence-electron chi connectivity index (χ1n) is 8.76. The van der Waals surface area contributed by atoms with Gasteiger partial charge in [0.25, 0.3) is 0 Å². The summed E-state index contributed by atoms with van der Waals surface area (Å²) in [4.78, 5) is 8.00. The zero-order valence-electron chi connectivity index (χ0n) is 17.2. The van der Waals surface area contributed by atoms with Crippen LogP contribution in [0.4, 0.5) is 0 Å². The summed E-state index contributed by atoms with van der Waals surface area (Å²) in [6, 6.07) is 18.1. The lowest BCUT2D eigenvalue weighted by Crippen LogP contribution is -1.82. The lowest BCUT2D eigenvalue weighted by molar-refractivity contribution is -0.0980. The zero-order valence-corrected chi connectivity index (χ0v) is 17.2. The Morgan fingerprint density at radius 2 is 1.18 bits per heavy atom. The molecule has 3 aromatic carbocycles. The third kappa shape index (κ3) is 10.0. The third-order valence-corrected chi connectivity index (χ3v) is 3.82. The molecule has 3 rings (SSSR count). The van der Waals surface area contributed by atoms with Crippen LogP contribution in [0.2, 0.25) is 0 Å². The van der Waals surface area contributed by atoms with Crippen LogP contribution < -0.4 is 0 Å². The first-order chi connectivity index (χ1) is 13.2. The van der Waals surface area contributed by atoms with E-state index in [1.54, 1.807) is 30.3 Å². The molecule has 0 aliphatic rings. The Morgan fingerprint density at radius 3 is 1.57 bits per heavy atom. The molecule has 0 fully saturated rings. The van der Waals surface area contributed by atoms with E-state index in [1.807, 2.05) is 65.7 Å². The molecule has 150 valence electrons. The van der Waals surface area contributed by atoms with Crippen LogP contribution in [0.3, 0.4) is 0 Å². The lowest BCUT2D eigenvalue weighted by Gasteiger charge is -2.03. The van der Waals surface area contributed by atoms with E-state index in [2.05, 4.69) is 6.07 Å². The number of hydrogen-bond acceptors (Lipinski definition) is 4. The molecule has 0 saturated heterocycles.